The Bertz CT molecular complexity index is 2020. The van der Waals surface area contributed by atoms with Gasteiger partial charge >= 0.3 is 11.9 Å². The maximum absolute atomic E-state index is 13.5. The zero-order valence-electron chi connectivity index (χ0n) is 53.5. The molecule has 0 saturated carbocycles. The zero-order valence-corrected chi connectivity index (χ0v) is 58.2. The van der Waals surface area contributed by atoms with Gasteiger partial charge < -0.3 is 22.8 Å². The van der Waals surface area contributed by atoms with Crippen LogP contribution in [0.3, 0.4) is 0 Å². The van der Waals surface area contributed by atoms with E-state index in [1.807, 2.05) is 13.0 Å². The minimum Gasteiger partial charge on any atom is -0.462 e. The number of carbonyl (C=O) groups is 2. The highest BCUT2D eigenvalue weighted by atomic mass is 32.2. The molecular formula is C64H116O7S2Si3. The molecule has 0 aromatic rings. The third-order valence-electron chi connectivity index (χ3n) is 17.4. The standard InChI is InChI=1S/C64H116O7S2Si3/c1-26-64(72-37-28-38-73-64)45-55(70-75(22,23)62(14,15)16)34-31-46(2)39-49(5)40-47(3)33-36-60(66)67-56-29-27-30-59(65)68-57(35-32-48(4)41-51(56)7)52(8)42-50(6)43-53(9)58(71-76(24,25)63(17,18)19)44-54(10)69-74(20,21)61(11,12)13/h31-33,36,39-40,43,51-58H,26-30,34-35,37-38,41-42,44-45H2,1-25H3/b36-33+,46-31+,47-40+,48-32+,49-39+,50-43+/t51-,52-,53+,54+,55+,56-,57+,58+/m0/s1. The van der Waals surface area contributed by atoms with Crippen LogP contribution < -0.4 is 0 Å². The normalized spacial score (nSPS) is 23.9. The summed E-state index contributed by atoms with van der Waals surface area (Å²) in [7, 11) is -5.98. The lowest BCUT2D eigenvalue weighted by atomic mass is 9.89. The molecule has 1 fully saturated rings. The maximum Gasteiger partial charge on any atom is 0.331 e. The third kappa shape index (κ3) is 24.4. The van der Waals surface area contributed by atoms with E-state index in [0.29, 0.717) is 25.7 Å². The second kappa shape index (κ2) is 30.6. The van der Waals surface area contributed by atoms with Crippen LogP contribution in [-0.4, -0.2) is 83.0 Å². The van der Waals surface area contributed by atoms with Gasteiger partial charge in [0.1, 0.15) is 12.2 Å². The number of carbonyl (C=O) groups excluding carboxylic acids is 2. The molecule has 0 aliphatic carbocycles. The predicted octanol–water partition coefficient (Wildman–Crippen LogP) is 19.7. The van der Waals surface area contributed by atoms with Crippen molar-refractivity contribution >= 4 is 60.4 Å². The van der Waals surface area contributed by atoms with Crippen molar-refractivity contribution in [2.24, 2.45) is 17.8 Å². The molecule has 2 rings (SSSR count). The minimum absolute atomic E-state index is 0.0351. The Morgan fingerprint density at radius 1 is 0.803 bits per heavy atom. The molecule has 0 radical (unpaired) electrons. The molecule has 0 spiro atoms. The van der Waals surface area contributed by atoms with Gasteiger partial charge in [0.25, 0.3) is 0 Å². The summed E-state index contributed by atoms with van der Waals surface area (Å²) in [5.41, 5.74) is 5.82. The van der Waals surface area contributed by atoms with Crippen LogP contribution in [0, 0.1) is 17.8 Å². The molecule has 0 aromatic carbocycles. The summed E-state index contributed by atoms with van der Waals surface area (Å²) in [5, 5.41) is 0.387. The molecule has 0 bridgehead atoms. The Morgan fingerprint density at radius 3 is 1.92 bits per heavy atom. The van der Waals surface area contributed by atoms with Crippen LogP contribution in [0.2, 0.25) is 54.4 Å². The number of allylic oxidation sites excluding steroid dienone is 8. The fourth-order valence-corrected chi connectivity index (χ4v) is 17.2. The molecule has 0 N–H and O–H groups in total. The van der Waals surface area contributed by atoms with Crippen molar-refractivity contribution in [2.75, 3.05) is 11.5 Å². The molecular weight excluding hydrogens is 1030 g/mol. The summed E-state index contributed by atoms with van der Waals surface area (Å²) in [6.07, 6.45) is 23.5. The van der Waals surface area contributed by atoms with Crippen LogP contribution in [0.15, 0.2) is 70.4 Å². The average molecular weight is 1150 g/mol. The second-order valence-electron chi connectivity index (χ2n) is 28.1. The molecule has 2 heterocycles. The molecule has 2 aliphatic heterocycles. The lowest BCUT2D eigenvalue weighted by Gasteiger charge is -2.43. The highest BCUT2D eigenvalue weighted by Crippen LogP contribution is 2.50. The molecule has 76 heavy (non-hydrogen) atoms. The van der Waals surface area contributed by atoms with Gasteiger partial charge in [0.2, 0.25) is 0 Å². The lowest BCUT2D eigenvalue weighted by molar-refractivity contribution is -0.152. The summed E-state index contributed by atoms with van der Waals surface area (Å²) >= 11 is 4.29. The summed E-state index contributed by atoms with van der Waals surface area (Å²) < 4.78 is 33.9. The van der Waals surface area contributed by atoms with E-state index < -0.39 is 25.0 Å². The Labute approximate surface area is 480 Å². The van der Waals surface area contributed by atoms with E-state index in [2.05, 4.69) is 218 Å². The predicted molar refractivity (Wildman–Crippen MR) is 341 cm³/mol. The van der Waals surface area contributed by atoms with Gasteiger partial charge in [-0.05, 0) is 183 Å². The SMILES string of the molecule is CCC1(C[C@@H](C/C=C(C)/C=C(C)/C=C(C)/C=C/C(=O)O[C@H]2CCCC(=O)O[C@@H]([C@@H](C)C/C(C)=C/[C@@H](C)[C@@H](C[C@@H](C)O[Si](C)(C)C(C)(C)C)O[Si](C)(C)C(C)(C)C)C/C=C(\C)C[C@@H]2C)O[Si](C)(C)C(C)(C)C)SCCCS1. The van der Waals surface area contributed by atoms with Crippen LogP contribution >= 0.6 is 23.5 Å². The largest absolute Gasteiger partial charge is 0.462 e. The highest BCUT2D eigenvalue weighted by Gasteiger charge is 2.44. The van der Waals surface area contributed by atoms with Crippen LogP contribution in [0.5, 0.6) is 0 Å². The van der Waals surface area contributed by atoms with Crippen LogP contribution in [0.25, 0.3) is 0 Å². The van der Waals surface area contributed by atoms with Gasteiger partial charge in [0.15, 0.2) is 25.0 Å². The summed E-state index contributed by atoms with van der Waals surface area (Å²) in [4.78, 5) is 26.9. The number of thioether (sulfide) groups is 2. The van der Waals surface area contributed by atoms with Crippen molar-refractivity contribution in [3.63, 3.8) is 0 Å². The van der Waals surface area contributed by atoms with Crippen molar-refractivity contribution in [3.8, 4) is 0 Å². The Kier molecular flexibility index (Phi) is 28.5. The lowest BCUT2D eigenvalue weighted by Crippen LogP contribution is -2.48. The van der Waals surface area contributed by atoms with Crippen LogP contribution in [0.4, 0.5) is 0 Å². The smallest absolute Gasteiger partial charge is 0.331 e. The number of cyclic esters (lactones) is 1. The van der Waals surface area contributed by atoms with Crippen LogP contribution in [0.1, 0.15) is 202 Å². The number of esters is 2. The van der Waals surface area contributed by atoms with E-state index in [-0.39, 0.29) is 79.4 Å². The van der Waals surface area contributed by atoms with Gasteiger partial charge in [-0.1, -0.05) is 154 Å². The monoisotopic (exact) mass is 1140 g/mol. The number of rotatable bonds is 23. The number of hydrogen-bond donors (Lipinski definition) is 0. The Morgan fingerprint density at radius 2 is 1.36 bits per heavy atom. The van der Waals surface area contributed by atoms with Gasteiger partial charge in [0.05, 0.1) is 16.3 Å². The van der Waals surface area contributed by atoms with Gasteiger partial charge in [-0.15, -0.1) is 23.5 Å². The minimum atomic E-state index is -2.07. The average Bonchev–Trinajstić information content (AvgIpc) is 3.26. The summed E-state index contributed by atoms with van der Waals surface area (Å²) in [6, 6.07) is 0. The topological polar surface area (TPSA) is 80.3 Å². The molecule has 2 aliphatic rings. The van der Waals surface area contributed by atoms with E-state index in [4.69, 9.17) is 22.8 Å². The van der Waals surface area contributed by atoms with E-state index >= 15 is 0 Å². The number of hydrogen-bond acceptors (Lipinski definition) is 9. The van der Waals surface area contributed by atoms with E-state index in [1.54, 1.807) is 6.08 Å². The fraction of sp³-hybridized carbons (Fsp3) is 0.781. The van der Waals surface area contributed by atoms with E-state index in [1.165, 1.54) is 34.6 Å². The molecule has 438 valence electrons. The molecule has 12 heteroatoms. The molecule has 8 atom stereocenters. The van der Waals surface area contributed by atoms with Gasteiger partial charge in [-0.2, -0.15) is 0 Å². The second-order valence-corrected chi connectivity index (χ2v) is 45.6. The van der Waals surface area contributed by atoms with Crippen molar-refractivity contribution in [3.05, 3.63) is 70.4 Å². The first-order valence-corrected chi connectivity index (χ1v) is 40.2. The maximum atomic E-state index is 13.5. The van der Waals surface area contributed by atoms with Gasteiger partial charge in [-0.3, -0.25) is 4.79 Å². The van der Waals surface area contributed by atoms with E-state index in [0.717, 1.165) is 49.7 Å². The van der Waals surface area contributed by atoms with Crippen molar-refractivity contribution in [1.29, 1.82) is 0 Å². The Hall–Kier alpha value is -1.39. The summed E-state index contributed by atoms with van der Waals surface area (Å²) in [6.45, 7) is 56.9. The fourth-order valence-electron chi connectivity index (χ4n) is 9.58. The first-order valence-electron chi connectivity index (χ1n) is 29.5. The number of ether oxygens (including phenoxy) is 2. The first-order chi connectivity index (χ1) is 34.7. The zero-order chi connectivity index (χ0) is 58.3. The Balaban J connectivity index is 2.16. The first kappa shape index (κ1) is 70.7. The summed E-state index contributed by atoms with van der Waals surface area (Å²) in [5.74, 6) is 2.35. The van der Waals surface area contributed by atoms with Gasteiger partial charge in [-0.25, -0.2) is 4.79 Å². The highest BCUT2D eigenvalue weighted by molar-refractivity contribution is 8.18. The van der Waals surface area contributed by atoms with E-state index in [9.17, 15) is 9.59 Å². The van der Waals surface area contributed by atoms with Gasteiger partial charge in [0, 0.05) is 25.0 Å². The molecule has 0 unspecified atom stereocenters. The molecule has 0 aromatic heterocycles. The molecule has 0 amide bonds. The third-order valence-corrected chi connectivity index (χ3v) is 34.7. The quantitative estimate of drug-likeness (QED) is 0.0327. The van der Waals surface area contributed by atoms with Crippen molar-refractivity contribution in [2.45, 2.75) is 291 Å². The van der Waals surface area contributed by atoms with Crippen molar-refractivity contribution in [1.82, 2.24) is 0 Å². The molecule has 1 saturated heterocycles. The van der Waals surface area contributed by atoms with Crippen molar-refractivity contribution < 1.29 is 32.3 Å². The van der Waals surface area contributed by atoms with Crippen LogP contribution in [-0.2, 0) is 32.3 Å². The molecule has 7 nitrogen and oxygen atoms in total.